The Bertz CT molecular complexity index is 1260. The summed E-state index contributed by atoms with van der Waals surface area (Å²) in [6, 6.07) is 10.7. The van der Waals surface area contributed by atoms with Gasteiger partial charge in [-0.15, -0.1) is 12.4 Å². The van der Waals surface area contributed by atoms with Crippen LogP contribution in [-0.2, 0) is 4.79 Å². The number of piperazine rings is 1. The van der Waals surface area contributed by atoms with Gasteiger partial charge in [0.15, 0.2) is 0 Å². The number of pyridine rings is 1. The summed E-state index contributed by atoms with van der Waals surface area (Å²) >= 11 is 6.03. The minimum absolute atomic E-state index is 0. The molecule has 36 heavy (non-hydrogen) atoms. The topological polar surface area (TPSA) is 86.3 Å². The van der Waals surface area contributed by atoms with E-state index in [1.54, 1.807) is 31.3 Å². The first kappa shape index (κ1) is 26.2. The van der Waals surface area contributed by atoms with Gasteiger partial charge >= 0.3 is 0 Å². The van der Waals surface area contributed by atoms with E-state index in [0.717, 1.165) is 19.6 Å². The molecular weight excluding hydrogens is 504 g/mol. The Balaban J connectivity index is 0.00000304. The summed E-state index contributed by atoms with van der Waals surface area (Å²) in [5.41, 5.74) is 2.65. The average molecular weight is 532 g/mol. The second kappa shape index (κ2) is 11.0. The van der Waals surface area contributed by atoms with Gasteiger partial charge < -0.3 is 15.5 Å². The monoisotopic (exact) mass is 531 g/mol. The summed E-state index contributed by atoms with van der Waals surface area (Å²) < 4.78 is 14.3. The molecule has 2 aliphatic rings. The number of aromatic nitrogens is 3. The van der Waals surface area contributed by atoms with E-state index in [9.17, 15) is 9.18 Å². The van der Waals surface area contributed by atoms with Crippen molar-refractivity contribution in [3.8, 4) is 11.3 Å². The molecule has 2 N–H and O–H groups in total. The van der Waals surface area contributed by atoms with Crippen molar-refractivity contribution in [1.29, 1.82) is 0 Å². The van der Waals surface area contributed by atoms with Crippen LogP contribution in [0.1, 0.15) is 18.5 Å². The van der Waals surface area contributed by atoms with Crippen molar-refractivity contribution >= 4 is 47.1 Å². The van der Waals surface area contributed by atoms with Gasteiger partial charge in [-0.1, -0.05) is 11.6 Å². The number of nitrogens with one attached hydrogen (secondary N) is 2. The molecule has 4 heterocycles. The van der Waals surface area contributed by atoms with Gasteiger partial charge in [-0.2, -0.15) is 10.2 Å². The number of hydrogen-bond acceptors (Lipinski definition) is 7. The van der Waals surface area contributed by atoms with E-state index in [1.807, 2.05) is 0 Å². The molecule has 2 aliphatic heterocycles. The molecule has 3 aromatic rings. The first-order valence-electron chi connectivity index (χ1n) is 11.6. The third kappa shape index (κ3) is 5.75. The zero-order valence-electron chi connectivity index (χ0n) is 20.0. The predicted octanol–water partition coefficient (Wildman–Crippen LogP) is 4.52. The van der Waals surface area contributed by atoms with Crippen molar-refractivity contribution in [2.45, 2.75) is 31.8 Å². The fraction of sp³-hybridized carbons (Fsp3) is 0.360. The van der Waals surface area contributed by atoms with Gasteiger partial charge in [0.1, 0.15) is 11.6 Å². The van der Waals surface area contributed by atoms with Crippen LogP contribution in [0.25, 0.3) is 11.3 Å². The number of hydrogen-bond donors (Lipinski definition) is 2. The minimum atomic E-state index is -0.429. The lowest BCUT2D eigenvalue weighted by molar-refractivity contribution is -0.116. The summed E-state index contributed by atoms with van der Waals surface area (Å²) in [7, 11) is 2.17. The average Bonchev–Trinajstić information content (AvgIpc) is 3.40. The number of likely N-dealkylation sites (tertiary alicyclic amines) is 2. The van der Waals surface area contributed by atoms with Gasteiger partial charge in [-0.3, -0.25) is 9.69 Å². The van der Waals surface area contributed by atoms with Crippen LogP contribution >= 0.6 is 24.0 Å². The van der Waals surface area contributed by atoms with Crippen molar-refractivity contribution < 1.29 is 9.18 Å². The molecule has 0 saturated carbocycles. The van der Waals surface area contributed by atoms with E-state index in [-0.39, 0.29) is 23.9 Å². The minimum Gasteiger partial charge on any atom is -0.354 e. The maximum absolute atomic E-state index is 14.3. The normalized spacial score (nSPS) is 19.2. The Morgan fingerprint density at radius 2 is 2.00 bits per heavy atom. The van der Waals surface area contributed by atoms with Gasteiger partial charge in [0.05, 0.1) is 17.1 Å². The van der Waals surface area contributed by atoms with E-state index in [4.69, 9.17) is 11.6 Å². The Kier molecular flexibility index (Phi) is 8.04. The highest BCUT2D eigenvalue weighted by atomic mass is 35.5. The smallest absolute Gasteiger partial charge is 0.226 e. The molecule has 0 spiro atoms. The third-order valence-corrected chi connectivity index (χ3v) is 6.98. The molecule has 0 radical (unpaired) electrons. The Morgan fingerprint density at radius 1 is 1.17 bits per heavy atom. The van der Waals surface area contributed by atoms with Crippen molar-refractivity contribution in [1.82, 2.24) is 25.0 Å². The van der Waals surface area contributed by atoms with Crippen LogP contribution in [0.3, 0.4) is 0 Å². The van der Waals surface area contributed by atoms with Crippen molar-refractivity contribution in [3.63, 3.8) is 0 Å². The maximum Gasteiger partial charge on any atom is 0.226 e. The molecule has 2 unspecified atom stereocenters. The van der Waals surface area contributed by atoms with Crippen LogP contribution in [0, 0.1) is 12.7 Å². The number of amides is 1. The molecule has 2 aromatic heterocycles. The highest BCUT2D eigenvalue weighted by molar-refractivity contribution is 6.30. The molecule has 1 aromatic carbocycles. The van der Waals surface area contributed by atoms with E-state index in [2.05, 4.69) is 42.7 Å². The third-order valence-electron chi connectivity index (χ3n) is 6.74. The molecule has 11 heteroatoms. The summed E-state index contributed by atoms with van der Waals surface area (Å²) in [6.07, 6.45) is 3.24. The van der Waals surface area contributed by atoms with E-state index < -0.39 is 5.82 Å². The molecule has 2 atom stereocenters. The molecule has 2 fully saturated rings. The van der Waals surface area contributed by atoms with Gasteiger partial charge in [-0.25, -0.2) is 9.37 Å². The lowest BCUT2D eigenvalue weighted by Crippen LogP contribution is -2.45. The van der Waals surface area contributed by atoms with Crippen LogP contribution in [0.5, 0.6) is 0 Å². The fourth-order valence-corrected chi connectivity index (χ4v) is 4.98. The Hall–Kier alpha value is -2.85. The number of anilines is 3. The molecular formula is C25H28Cl2FN7O. The zero-order valence-corrected chi connectivity index (χ0v) is 21.6. The summed E-state index contributed by atoms with van der Waals surface area (Å²) in [4.78, 5) is 21.6. The van der Waals surface area contributed by atoms with Crippen LogP contribution in [0.15, 0.2) is 42.6 Å². The summed E-state index contributed by atoms with van der Waals surface area (Å²) in [5, 5.41) is 14.8. The highest BCUT2D eigenvalue weighted by Gasteiger charge is 2.40. The number of benzene rings is 1. The van der Waals surface area contributed by atoms with Gasteiger partial charge in [0, 0.05) is 66.7 Å². The zero-order chi connectivity index (χ0) is 24.5. The standard InChI is InChI=1S/C25H27ClFN7O.ClH/c1-15-22(12-23(32-31-15)20-9-16(26)3-4-21(20)27)29-17-5-7-28-24(10-17)30-25(35)6-8-34-14-18-11-19(34)13-33(18)2;/h3-5,7,9-10,12,18-19H,6,8,11,13-14H2,1-2H3,(H2,28,29,30,32,35);1H. The largest absolute Gasteiger partial charge is 0.354 e. The lowest BCUT2D eigenvalue weighted by atomic mass is 10.1. The molecule has 190 valence electrons. The molecule has 2 bridgehead atoms. The quantitative estimate of drug-likeness (QED) is 0.463. The number of carbonyl (C=O) groups is 1. The number of halogens is 3. The number of likely N-dealkylation sites (N-methyl/N-ethyl adjacent to an activating group) is 1. The van der Waals surface area contributed by atoms with Gasteiger partial charge in [0.2, 0.25) is 5.91 Å². The predicted molar refractivity (Wildman–Crippen MR) is 142 cm³/mol. The van der Waals surface area contributed by atoms with Gasteiger partial charge in [0.25, 0.3) is 0 Å². The number of nitrogens with zero attached hydrogens (tertiary/aromatic N) is 5. The second-order valence-corrected chi connectivity index (χ2v) is 9.62. The van der Waals surface area contributed by atoms with Gasteiger partial charge in [-0.05, 0) is 50.7 Å². The number of fused-ring (bicyclic) bond motifs is 2. The summed E-state index contributed by atoms with van der Waals surface area (Å²) in [5.74, 6) is -0.0316. The fourth-order valence-electron chi connectivity index (χ4n) is 4.81. The number of carbonyl (C=O) groups excluding carboxylic acids is 1. The van der Waals surface area contributed by atoms with E-state index in [0.29, 0.717) is 52.1 Å². The van der Waals surface area contributed by atoms with Crippen molar-refractivity contribution in [2.75, 3.05) is 37.3 Å². The first-order chi connectivity index (χ1) is 16.9. The molecule has 8 nitrogen and oxygen atoms in total. The first-order valence-corrected chi connectivity index (χ1v) is 12.0. The maximum atomic E-state index is 14.3. The molecule has 1 amide bonds. The van der Waals surface area contributed by atoms with Crippen LogP contribution < -0.4 is 10.6 Å². The Labute approximate surface area is 220 Å². The van der Waals surface area contributed by atoms with Crippen molar-refractivity contribution in [2.24, 2.45) is 0 Å². The molecule has 0 aliphatic carbocycles. The van der Waals surface area contributed by atoms with Crippen LogP contribution in [-0.4, -0.2) is 69.7 Å². The Morgan fingerprint density at radius 3 is 2.75 bits per heavy atom. The van der Waals surface area contributed by atoms with Crippen LogP contribution in [0.4, 0.5) is 21.6 Å². The van der Waals surface area contributed by atoms with E-state index >= 15 is 0 Å². The SMILES string of the molecule is Cc1nnc(-c2cc(Cl)ccc2F)cc1Nc1ccnc(NC(=O)CCN2CC3CC2CN3C)c1.Cl. The lowest BCUT2D eigenvalue weighted by Gasteiger charge is -2.31. The number of rotatable bonds is 7. The highest BCUT2D eigenvalue weighted by Crippen LogP contribution is 2.30. The van der Waals surface area contributed by atoms with Crippen LogP contribution in [0.2, 0.25) is 5.02 Å². The summed E-state index contributed by atoms with van der Waals surface area (Å²) in [6.45, 7) is 4.67. The van der Waals surface area contributed by atoms with Crippen molar-refractivity contribution in [3.05, 3.63) is 59.1 Å². The molecule has 2 saturated heterocycles. The number of aryl methyl sites for hydroxylation is 1. The second-order valence-electron chi connectivity index (χ2n) is 9.18. The van der Waals surface area contributed by atoms with E-state index in [1.165, 1.54) is 24.6 Å². The molecule has 5 rings (SSSR count).